The fourth-order valence-electron chi connectivity index (χ4n) is 2.26. The minimum absolute atomic E-state index is 0.684. The molecule has 0 bridgehead atoms. The van der Waals surface area contributed by atoms with Crippen LogP contribution in [0.25, 0.3) is 0 Å². The predicted molar refractivity (Wildman–Crippen MR) is 85.9 cm³/mol. The third kappa shape index (κ3) is 5.82. The summed E-state index contributed by atoms with van der Waals surface area (Å²) in [5.41, 5.74) is 2.10. The van der Waals surface area contributed by atoms with Gasteiger partial charge in [-0.1, -0.05) is 43.2 Å². The van der Waals surface area contributed by atoms with E-state index in [1.807, 2.05) is 12.1 Å². The normalized spacial score (nSPS) is 10.3. The Morgan fingerprint density at radius 1 is 0.810 bits per heavy atom. The van der Waals surface area contributed by atoms with Gasteiger partial charge < -0.3 is 4.74 Å². The molecule has 0 aliphatic carbocycles. The molecular weight excluding hydrogens is 260 g/mol. The molecule has 110 valence electrons. The van der Waals surface area contributed by atoms with Crippen LogP contribution in [-0.4, -0.2) is 12.9 Å². The van der Waals surface area contributed by atoms with Crippen LogP contribution in [0, 0.1) is 0 Å². The highest BCUT2D eigenvalue weighted by Gasteiger charge is 1.96. The van der Waals surface area contributed by atoms with E-state index in [9.17, 15) is 4.79 Å². The van der Waals surface area contributed by atoms with E-state index in [1.54, 1.807) is 12.1 Å². The number of carbonyl (C=O) groups is 1. The van der Waals surface area contributed by atoms with Crippen molar-refractivity contribution in [2.24, 2.45) is 0 Å². The molecule has 0 saturated heterocycles. The molecule has 2 nitrogen and oxygen atoms in total. The molecule has 2 aromatic carbocycles. The van der Waals surface area contributed by atoms with Crippen LogP contribution in [0.15, 0.2) is 54.6 Å². The fourth-order valence-corrected chi connectivity index (χ4v) is 2.26. The molecule has 0 saturated carbocycles. The molecule has 0 N–H and O–H groups in total. The van der Waals surface area contributed by atoms with E-state index in [0.717, 1.165) is 31.5 Å². The van der Waals surface area contributed by atoms with E-state index in [1.165, 1.54) is 24.8 Å². The Kier molecular flexibility index (Phi) is 6.53. The lowest BCUT2D eigenvalue weighted by Crippen LogP contribution is -1.97. The van der Waals surface area contributed by atoms with Crippen LogP contribution in [-0.2, 0) is 6.42 Å². The lowest BCUT2D eigenvalue weighted by molar-refractivity contribution is 0.112. The number of hydrogen-bond donors (Lipinski definition) is 0. The second-order valence-corrected chi connectivity index (χ2v) is 5.19. The molecule has 2 rings (SSSR count). The van der Waals surface area contributed by atoms with Crippen molar-refractivity contribution >= 4 is 6.29 Å². The second-order valence-electron chi connectivity index (χ2n) is 5.19. The summed E-state index contributed by atoms with van der Waals surface area (Å²) in [6, 6.07) is 17.9. The van der Waals surface area contributed by atoms with E-state index < -0.39 is 0 Å². The number of hydrogen-bond acceptors (Lipinski definition) is 2. The number of unbranched alkanes of at least 4 members (excludes halogenated alkanes) is 3. The van der Waals surface area contributed by atoms with Crippen molar-refractivity contribution in [3.63, 3.8) is 0 Å². The molecule has 0 heterocycles. The van der Waals surface area contributed by atoms with Crippen LogP contribution >= 0.6 is 0 Å². The average molecular weight is 282 g/mol. The lowest BCUT2D eigenvalue weighted by atomic mass is 10.1. The van der Waals surface area contributed by atoms with E-state index in [0.29, 0.717) is 5.56 Å². The molecule has 0 aromatic heterocycles. The maximum atomic E-state index is 10.5. The lowest BCUT2D eigenvalue weighted by Gasteiger charge is -2.06. The van der Waals surface area contributed by atoms with Gasteiger partial charge in [-0.3, -0.25) is 4.79 Å². The van der Waals surface area contributed by atoms with Gasteiger partial charge in [0, 0.05) is 5.56 Å². The molecule has 21 heavy (non-hydrogen) atoms. The van der Waals surface area contributed by atoms with Gasteiger partial charge in [0.1, 0.15) is 12.0 Å². The smallest absolute Gasteiger partial charge is 0.150 e. The highest BCUT2D eigenvalue weighted by molar-refractivity contribution is 5.74. The van der Waals surface area contributed by atoms with E-state index in [4.69, 9.17) is 4.74 Å². The van der Waals surface area contributed by atoms with Crippen molar-refractivity contribution in [2.45, 2.75) is 32.1 Å². The Labute approximate surface area is 126 Å². The summed E-state index contributed by atoms with van der Waals surface area (Å²) in [5, 5.41) is 0. The fraction of sp³-hybridized carbons (Fsp3) is 0.316. The van der Waals surface area contributed by atoms with Gasteiger partial charge >= 0.3 is 0 Å². The molecule has 0 aliphatic rings. The van der Waals surface area contributed by atoms with Crippen molar-refractivity contribution in [1.82, 2.24) is 0 Å². The topological polar surface area (TPSA) is 26.3 Å². The minimum Gasteiger partial charge on any atom is -0.494 e. The Morgan fingerprint density at radius 3 is 2.24 bits per heavy atom. The summed E-state index contributed by atoms with van der Waals surface area (Å²) in [4.78, 5) is 10.5. The van der Waals surface area contributed by atoms with Crippen LogP contribution < -0.4 is 4.74 Å². The van der Waals surface area contributed by atoms with Crippen molar-refractivity contribution in [3.05, 3.63) is 65.7 Å². The molecule has 0 spiro atoms. The van der Waals surface area contributed by atoms with Gasteiger partial charge in [0.2, 0.25) is 0 Å². The number of carbonyl (C=O) groups excluding carboxylic acids is 1. The van der Waals surface area contributed by atoms with Crippen molar-refractivity contribution < 1.29 is 9.53 Å². The zero-order valence-electron chi connectivity index (χ0n) is 12.3. The Hall–Kier alpha value is -2.09. The number of aryl methyl sites for hydroxylation is 1. The Bertz CT molecular complexity index is 517. The summed E-state index contributed by atoms with van der Waals surface area (Å²) in [6.07, 6.45) is 6.75. The van der Waals surface area contributed by atoms with Crippen LogP contribution in [0.3, 0.4) is 0 Å². The Balaban J connectivity index is 1.52. The maximum Gasteiger partial charge on any atom is 0.150 e. The standard InChI is InChI=1S/C19H22O2/c20-16-18-11-13-19(14-12-18)21-15-7-2-1-4-8-17-9-5-3-6-10-17/h3,5-6,9-14,16H,1-2,4,7-8,15H2. The third-order valence-electron chi connectivity index (χ3n) is 3.49. The first-order valence-corrected chi connectivity index (χ1v) is 7.60. The van der Waals surface area contributed by atoms with Crippen LogP contribution in [0.2, 0.25) is 0 Å². The van der Waals surface area contributed by atoms with Crippen LogP contribution in [0.1, 0.15) is 41.6 Å². The monoisotopic (exact) mass is 282 g/mol. The van der Waals surface area contributed by atoms with Gasteiger partial charge in [-0.25, -0.2) is 0 Å². The zero-order valence-corrected chi connectivity index (χ0v) is 12.3. The molecule has 0 unspecified atom stereocenters. The van der Waals surface area contributed by atoms with Gasteiger partial charge in [0.25, 0.3) is 0 Å². The van der Waals surface area contributed by atoms with Crippen LogP contribution in [0.4, 0.5) is 0 Å². The van der Waals surface area contributed by atoms with Crippen molar-refractivity contribution in [1.29, 1.82) is 0 Å². The number of aldehydes is 1. The highest BCUT2D eigenvalue weighted by Crippen LogP contribution is 2.12. The molecule has 2 heteroatoms. The molecule has 0 fully saturated rings. The van der Waals surface area contributed by atoms with Gasteiger partial charge in [-0.2, -0.15) is 0 Å². The largest absolute Gasteiger partial charge is 0.494 e. The third-order valence-corrected chi connectivity index (χ3v) is 3.49. The average Bonchev–Trinajstić information content (AvgIpc) is 2.55. The Morgan fingerprint density at radius 2 is 1.52 bits per heavy atom. The molecular formula is C19H22O2. The highest BCUT2D eigenvalue weighted by atomic mass is 16.5. The molecule has 0 aliphatic heterocycles. The molecule has 0 amide bonds. The van der Waals surface area contributed by atoms with Crippen LogP contribution in [0.5, 0.6) is 5.75 Å². The van der Waals surface area contributed by atoms with E-state index in [2.05, 4.69) is 30.3 Å². The second kappa shape index (κ2) is 8.96. The number of benzene rings is 2. The van der Waals surface area contributed by atoms with Gasteiger partial charge in [0.05, 0.1) is 6.61 Å². The zero-order chi connectivity index (χ0) is 14.8. The first-order valence-electron chi connectivity index (χ1n) is 7.60. The summed E-state index contributed by atoms with van der Waals surface area (Å²) < 4.78 is 5.65. The summed E-state index contributed by atoms with van der Waals surface area (Å²) in [6.45, 7) is 0.742. The van der Waals surface area contributed by atoms with Crippen molar-refractivity contribution in [3.8, 4) is 5.75 Å². The van der Waals surface area contributed by atoms with Gasteiger partial charge in [0.15, 0.2) is 0 Å². The quantitative estimate of drug-likeness (QED) is 0.493. The molecule has 0 radical (unpaired) electrons. The molecule has 0 atom stereocenters. The maximum absolute atomic E-state index is 10.5. The minimum atomic E-state index is 0.684. The summed E-state index contributed by atoms with van der Waals surface area (Å²) in [7, 11) is 0. The number of rotatable bonds is 9. The molecule has 2 aromatic rings. The van der Waals surface area contributed by atoms with Gasteiger partial charge in [-0.05, 0) is 49.1 Å². The van der Waals surface area contributed by atoms with Crippen molar-refractivity contribution in [2.75, 3.05) is 6.61 Å². The SMILES string of the molecule is O=Cc1ccc(OCCCCCCc2ccccc2)cc1. The first kappa shape index (κ1) is 15.3. The summed E-state index contributed by atoms with van der Waals surface area (Å²) in [5.74, 6) is 0.838. The first-order chi connectivity index (χ1) is 10.4. The van der Waals surface area contributed by atoms with E-state index in [-0.39, 0.29) is 0 Å². The predicted octanol–water partition coefficient (Wildman–Crippen LogP) is 4.68. The van der Waals surface area contributed by atoms with E-state index >= 15 is 0 Å². The summed E-state index contributed by atoms with van der Waals surface area (Å²) >= 11 is 0. The number of ether oxygens (including phenoxy) is 1. The van der Waals surface area contributed by atoms with Gasteiger partial charge in [-0.15, -0.1) is 0 Å².